The summed E-state index contributed by atoms with van der Waals surface area (Å²) in [5.74, 6) is 0. The molecule has 0 fully saturated rings. The molecule has 0 radical (unpaired) electrons. The van der Waals surface area contributed by atoms with Crippen LogP contribution in [-0.4, -0.2) is 21.8 Å². The fourth-order valence-corrected chi connectivity index (χ4v) is 5.33. The number of non-ortho nitro benzene ring substituents is 1. The SMILES string of the molecule is Cc1ccc(S(=O)(=O)S(=O)(=O)c2ccc([N+](=O)[O-])cc2)cc1. The molecule has 0 atom stereocenters. The third-order valence-corrected chi connectivity index (χ3v) is 8.10. The molecule has 0 unspecified atom stereocenters. The average Bonchev–Trinajstić information content (AvgIpc) is 2.47. The Bertz CT molecular complexity index is 914. The maximum absolute atomic E-state index is 12.3. The van der Waals surface area contributed by atoms with Gasteiger partial charge in [0.15, 0.2) is 0 Å². The minimum absolute atomic E-state index is 0.327. The van der Waals surface area contributed by atoms with Crippen molar-refractivity contribution in [3.05, 3.63) is 64.2 Å². The van der Waals surface area contributed by atoms with Gasteiger partial charge in [0.05, 0.1) is 14.7 Å². The number of benzene rings is 2. The third-order valence-electron chi connectivity index (χ3n) is 2.93. The van der Waals surface area contributed by atoms with Gasteiger partial charge >= 0.3 is 0 Å². The molecule has 2 aromatic carbocycles. The van der Waals surface area contributed by atoms with Gasteiger partial charge in [-0.1, -0.05) is 17.7 Å². The Balaban J connectivity index is 2.53. The Hall–Kier alpha value is -2.26. The van der Waals surface area contributed by atoms with Crippen molar-refractivity contribution in [3.63, 3.8) is 0 Å². The predicted molar refractivity (Wildman–Crippen MR) is 78.6 cm³/mol. The molecular formula is C13H11NO6S2. The van der Waals surface area contributed by atoms with Crippen molar-refractivity contribution < 1.29 is 21.8 Å². The van der Waals surface area contributed by atoms with Crippen molar-refractivity contribution >= 4 is 23.4 Å². The zero-order valence-corrected chi connectivity index (χ0v) is 13.0. The Kier molecular flexibility index (Phi) is 4.03. The maximum atomic E-state index is 12.3. The van der Waals surface area contributed by atoms with Crippen LogP contribution in [0.4, 0.5) is 5.69 Å². The molecule has 0 N–H and O–H groups in total. The topological polar surface area (TPSA) is 111 Å². The lowest BCUT2D eigenvalue weighted by atomic mass is 10.2. The quantitative estimate of drug-likeness (QED) is 0.478. The van der Waals surface area contributed by atoms with Gasteiger partial charge in [0, 0.05) is 12.1 Å². The Morgan fingerprint density at radius 2 is 1.14 bits per heavy atom. The molecule has 0 saturated heterocycles. The molecule has 9 heteroatoms. The fraction of sp³-hybridized carbons (Fsp3) is 0.0769. The van der Waals surface area contributed by atoms with Crippen LogP contribution in [0.2, 0.25) is 0 Å². The molecule has 22 heavy (non-hydrogen) atoms. The first-order valence-corrected chi connectivity index (χ1v) is 9.46. The van der Waals surface area contributed by atoms with Gasteiger partial charge in [-0.3, -0.25) is 10.1 Å². The smallest absolute Gasteiger partial charge is 0.258 e. The van der Waals surface area contributed by atoms with Crippen molar-refractivity contribution in [2.75, 3.05) is 0 Å². The number of nitro benzene ring substituents is 1. The van der Waals surface area contributed by atoms with Gasteiger partial charge in [0.25, 0.3) is 23.4 Å². The lowest BCUT2D eigenvalue weighted by Gasteiger charge is -2.06. The number of rotatable bonds is 4. The molecule has 7 nitrogen and oxygen atoms in total. The van der Waals surface area contributed by atoms with E-state index < -0.39 is 27.6 Å². The monoisotopic (exact) mass is 341 g/mol. The molecule has 0 bridgehead atoms. The van der Waals surface area contributed by atoms with Crippen molar-refractivity contribution in [2.24, 2.45) is 0 Å². The van der Waals surface area contributed by atoms with Crippen molar-refractivity contribution in [2.45, 2.75) is 16.7 Å². The van der Waals surface area contributed by atoms with Gasteiger partial charge in [-0.15, -0.1) is 0 Å². The molecule has 0 aromatic heterocycles. The van der Waals surface area contributed by atoms with Crippen molar-refractivity contribution in [1.82, 2.24) is 0 Å². The average molecular weight is 341 g/mol. The lowest BCUT2D eigenvalue weighted by molar-refractivity contribution is -0.384. The number of nitro groups is 1. The molecule has 0 heterocycles. The second-order valence-corrected chi connectivity index (χ2v) is 9.86. The molecule has 0 amide bonds. The summed E-state index contributed by atoms with van der Waals surface area (Å²) in [7, 11) is -9.34. The van der Waals surface area contributed by atoms with Crippen LogP contribution >= 0.6 is 0 Å². The van der Waals surface area contributed by atoms with E-state index in [2.05, 4.69) is 0 Å². The van der Waals surface area contributed by atoms with Gasteiger partial charge in [-0.25, -0.2) is 16.8 Å². The van der Waals surface area contributed by atoms with Gasteiger partial charge < -0.3 is 0 Å². The number of hydrogen-bond acceptors (Lipinski definition) is 6. The zero-order valence-electron chi connectivity index (χ0n) is 11.3. The predicted octanol–water partition coefficient (Wildman–Crippen LogP) is 2.07. The number of hydrogen-bond donors (Lipinski definition) is 0. The first-order chi connectivity index (χ1) is 10.2. The van der Waals surface area contributed by atoms with Crippen LogP contribution in [0.3, 0.4) is 0 Å². The summed E-state index contributed by atoms with van der Waals surface area (Å²) < 4.78 is 49.1. The van der Waals surface area contributed by atoms with E-state index in [0.717, 1.165) is 29.8 Å². The normalized spacial score (nSPS) is 12.0. The Morgan fingerprint density at radius 1 is 0.773 bits per heavy atom. The standard InChI is InChI=1S/C13H11NO6S2/c1-10-2-6-12(7-3-10)21(17,18)22(19,20)13-8-4-11(5-9-13)14(15)16/h2-9H,1H3. The van der Waals surface area contributed by atoms with Crippen LogP contribution in [0.1, 0.15) is 5.56 Å². The van der Waals surface area contributed by atoms with Crippen LogP contribution in [0.5, 0.6) is 0 Å². The van der Waals surface area contributed by atoms with E-state index in [0.29, 0.717) is 0 Å². The zero-order chi connectivity index (χ0) is 16.5. The van der Waals surface area contributed by atoms with E-state index in [1.54, 1.807) is 6.92 Å². The summed E-state index contributed by atoms with van der Waals surface area (Å²) in [5, 5.41) is 10.6. The fourth-order valence-electron chi connectivity index (χ4n) is 1.69. The van der Waals surface area contributed by atoms with Crippen LogP contribution in [0.25, 0.3) is 0 Å². The summed E-state index contributed by atoms with van der Waals surface area (Å²) in [6.07, 6.45) is 0. The van der Waals surface area contributed by atoms with Crippen molar-refractivity contribution in [3.8, 4) is 0 Å². The van der Waals surface area contributed by atoms with E-state index in [4.69, 9.17) is 0 Å². The van der Waals surface area contributed by atoms with Crippen LogP contribution < -0.4 is 0 Å². The summed E-state index contributed by atoms with van der Waals surface area (Å²) in [5.41, 5.74) is 0.457. The summed E-state index contributed by atoms with van der Waals surface area (Å²) in [6.45, 7) is 1.74. The highest BCUT2D eigenvalue weighted by Gasteiger charge is 2.33. The van der Waals surface area contributed by atoms with Crippen molar-refractivity contribution in [1.29, 1.82) is 0 Å². The first-order valence-electron chi connectivity index (χ1n) is 5.97. The van der Waals surface area contributed by atoms with Crippen LogP contribution in [-0.2, 0) is 17.7 Å². The minimum Gasteiger partial charge on any atom is -0.258 e. The van der Waals surface area contributed by atoms with Gasteiger partial charge in [0.1, 0.15) is 0 Å². The molecule has 0 aliphatic carbocycles. The van der Waals surface area contributed by atoms with Crippen LogP contribution in [0, 0.1) is 17.0 Å². The first kappa shape index (κ1) is 16.1. The summed E-state index contributed by atoms with van der Waals surface area (Å²) in [4.78, 5) is 8.98. The molecule has 2 aromatic rings. The third kappa shape index (κ3) is 2.72. The second kappa shape index (κ2) is 5.50. The van der Waals surface area contributed by atoms with Gasteiger partial charge in [0.2, 0.25) is 0 Å². The Labute approximate surface area is 126 Å². The van der Waals surface area contributed by atoms with E-state index >= 15 is 0 Å². The van der Waals surface area contributed by atoms with E-state index in [9.17, 15) is 26.9 Å². The highest BCUT2D eigenvalue weighted by atomic mass is 33.2. The van der Waals surface area contributed by atoms with E-state index in [1.165, 1.54) is 24.3 Å². The van der Waals surface area contributed by atoms with E-state index in [1.807, 2.05) is 0 Å². The van der Waals surface area contributed by atoms with Gasteiger partial charge in [-0.2, -0.15) is 0 Å². The van der Waals surface area contributed by atoms with E-state index in [-0.39, 0.29) is 10.6 Å². The van der Waals surface area contributed by atoms with Crippen LogP contribution in [0.15, 0.2) is 58.3 Å². The largest absolute Gasteiger partial charge is 0.286 e. The number of nitrogens with zero attached hydrogens (tertiary/aromatic N) is 1. The summed E-state index contributed by atoms with van der Waals surface area (Å²) >= 11 is 0. The maximum Gasteiger partial charge on any atom is 0.286 e. The second-order valence-electron chi connectivity index (χ2n) is 4.47. The molecule has 0 aliphatic rings. The molecule has 0 saturated carbocycles. The number of aryl methyl sites for hydroxylation is 1. The summed E-state index contributed by atoms with van der Waals surface area (Å²) in [6, 6.07) is 9.06. The minimum atomic E-state index is -4.70. The molecule has 0 aliphatic heterocycles. The molecule has 0 spiro atoms. The highest BCUT2D eigenvalue weighted by molar-refractivity contribution is 8.67. The highest BCUT2D eigenvalue weighted by Crippen LogP contribution is 2.26. The molecule has 116 valence electrons. The molecule has 2 rings (SSSR count). The Morgan fingerprint density at radius 3 is 1.50 bits per heavy atom. The molecular weight excluding hydrogens is 330 g/mol. The lowest BCUT2D eigenvalue weighted by Crippen LogP contribution is -2.16. The van der Waals surface area contributed by atoms with Gasteiger partial charge in [-0.05, 0) is 31.2 Å².